The van der Waals surface area contributed by atoms with E-state index in [2.05, 4.69) is 38.9 Å². The third-order valence-corrected chi connectivity index (χ3v) is 3.47. The number of anilines is 2. The molecule has 1 N–H and O–H groups in total. The lowest BCUT2D eigenvalue weighted by Gasteiger charge is -2.34. The maximum atomic E-state index is 4.63. The Morgan fingerprint density at radius 2 is 1.89 bits per heavy atom. The summed E-state index contributed by atoms with van der Waals surface area (Å²) in [5.74, 6) is 2.88. The molecule has 0 saturated carbocycles. The number of piperazine rings is 1. The lowest BCUT2D eigenvalue weighted by atomic mass is 10.3. The second kappa shape index (κ2) is 6.00. The van der Waals surface area contributed by atoms with Gasteiger partial charge in [0.05, 0.1) is 0 Å². The van der Waals surface area contributed by atoms with Crippen molar-refractivity contribution in [3.8, 4) is 0 Å². The summed E-state index contributed by atoms with van der Waals surface area (Å²) >= 11 is 0. The number of likely N-dealkylation sites (N-methyl/N-ethyl adjacent to an activating group) is 1. The van der Waals surface area contributed by atoms with Crippen LogP contribution in [0.1, 0.15) is 19.7 Å². The van der Waals surface area contributed by atoms with Crippen LogP contribution in [0.5, 0.6) is 0 Å². The molecule has 0 aromatic carbocycles. The average Bonchev–Trinajstić information content (AvgIpc) is 2.46. The molecule has 0 aliphatic carbocycles. The van der Waals surface area contributed by atoms with Crippen molar-refractivity contribution in [1.29, 1.82) is 0 Å². The second-order valence-electron chi connectivity index (χ2n) is 4.55. The van der Waals surface area contributed by atoms with Gasteiger partial charge < -0.3 is 15.1 Å². The van der Waals surface area contributed by atoms with Crippen LogP contribution in [0.4, 0.5) is 11.6 Å². The van der Waals surface area contributed by atoms with Crippen LogP contribution in [-0.4, -0.2) is 54.6 Å². The van der Waals surface area contributed by atoms with Crippen molar-refractivity contribution >= 4 is 11.6 Å². The number of hydrogen-bond acceptors (Lipinski definition) is 5. The van der Waals surface area contributed by atoms with Gasteiger partial charge in [-0.1, -0.05) is 13.8 Å². The van der Waals surface area contributed by atoms with E-state index in [0.717, 1.165) is 56.6 Å². The molecule has 0 amide bonds. The number of aromatic nitrogens is 2. The number of aryl methyl sites for hydroxylation is 1. The van der Waals surface area contributed by atoms with E-state index in [1.165, 1.54) is 0 Å². The molecule has 1 aromatic heterocycles. The fourth-order valence-corrected chi connectivity index (χ4v) is 2.22. The summed E-state index contributed by atoms with van der Waals surface area (Å²) < 4.78 is 0. The summed E-state index contributed by atoms with van der Waals surface area (Å²) in [6.07, 6.45) is 0.872. The maximum absolute atomic E-state index is 4.63. The van der Waals surface area contributed by atoms with Gasteiger partial charge in [0.25, 0.3) is 0 Å². The standard InChI is InChI=1S/C13H23N5/c1-4-11-15-12(14-3)10-13(16-11)18-8-6-17(5-2)7-9-18/h10H,4-9H2,1-3H3,(H,14,15,16). The molecule has 1 saturated heterocycles. The van der Waals surface area contributed by atoms with Crippen LogP contribution >= 0.6 is 0 Å². The summed E-state index contributed by atoms with van der Waals surface area (Å²) in [5.41, 5.74) is 0. The molecule has 100 valence electrons. The summed E-state index contributed by atoms with van der Waals surface area (Å²) in [6, 6.07) is 2.04. The average molecular weight is 249 g/mol. The molecular formula is C13H23N5. The van der Waals surface area contributed by atoms with Crippen LogP contribution in [0.2, 0.25) is 0 Å². The van der Waals surface area contributed by atoms with Crippen molar-refractivity contribution in [2.24, 2.45) is 0 Å². The molecule has 5 nitrogen and oxygen atoms in total. The lowest BCUT2D eigenvalue weighted by molar-refractivity contribution is 0.270. The Morgan fingerprint density at radius 1 is 1.17 bits per heavy atom. The van der Waals surface area contributed by atoms with Crippen molar-refractivity contribution in [2.75, 3.05) is 50.0 Å². The summed E-state index contributed by atoms with van der Waals surface area (Å²) in [6.45, 7) is 9.80. The van der Waals surface area contributed by atoms with E-state index >= 15 is 0 Å². The zero-order chi connectivity index (χ0) is 13.0. The molecule has 0 spiro atoms. The smallest absolute Gasteiger partial charge is 0.134 e. The zero-order valence-corrected chi connectivity index (χ0v) is 11.6. The van der Waals surface area contributed by atoms with E-state index in [0.29, 0.717) is 0 Å². The Bertz CT molecular complexity index is 363. The molecule has 0 atom stereocenters. The topological polar surface area (TPSA) is 44.3 Å². The van der Waals surface area contributed by atoms with Crippen LogP contribution < -0.4 is 10.2 Å². The largest absolute Gasteiger partial charge is 0.373 e. The fourth-order valence-electron chi connectivity index (χ4n) is 2.22. The first-order chi connectivity index (χ1) is 8.76. The number of rotatable bonds is 4. The molecule has 1 fully saturated rings. The molecule has 0 unspecified atom stereocenters. The minimum Gasteiger partial charge on any atom is -0.373 e. The molecule has 18 heavy (non-hydrogen) atoms. The van der Waals surface area contributed by atoms with E-state index in [1.54, 1.807) is 0 Å². The van der Waals surface area contributed by atoms with E-state index in [-0.39, 0.29) is 0 Å². The van der Waals surface area contributed by atoms with Crippen molar-refractivity contribution < 1.29 is 0 Å². The van der Waals surface area contributed by atoms with Gasteiger partial charge in [0, 0.05) is 45.7 Å². The van der Waals surface area contributed by atoms with Gasteiger partial charge in [-0.25, -0.2) is 9.97 Å². The highest BCUT2D eigenvalue weighted by Gasteiger charge is 2.17. The number of nitrogens with zero attached hydrogens (tertiary/aromatic N) is 4. The van der Waals surface area contributed by atoms with Crippen molar-refractivity contribution in [1.82, 2.24) is 14.9 Å². The molecule has 1 aliphatic rings. The van der Waals surface area contributed by atoms with E-state index in [9.17, 15) is 0 Å². The van der Waals surface area contributed by atoms with Gasteiger partial charge >= 0.3 is 0 Å². The summed E-state index contributed by atoms with van der Waals surface area (Å²) in [5, 5.41) is 3.11. The Balaban J connectivity index is 2.13. The zero-order valence-electron chi connectivity index (χ0n) is 11.6. The number of hydrogen-bond donors (Lipinski definition) is 1. The predicted molar refractivity (Wildman–Crippen MR) is 75.3 cm³/mol. The van der Waals surface area contributed by atoms with E-state index in [4.69, 9.17) is 0 Å². The van der Waals surface area contributed by atoms with Crippen LogP contribution in [0.3, 0.4) is 0 Å². The van der Waals surface area contributed by atoms with Gasteiger partial charge in [0.1, 0.15) is 17.5 Å². The minimum absolute atomic E-state index is 0.872. The van der Waals surface area contributed by atoms with Crippen LogP contribution in [-0.2, 0) is 6.42 Å². The predicted octanol–water partition coefficient (Wildman–Crippen LogP) is 1.22. The number of nitrogens with one attached hydrogen (secondary N) is 1. The highest BCUT2D eigenvalue weighted by Crippen LogP contribution is 2.17. The molecule has 0 radical (unpaired) electrons. The molecule has 2 rings (SSSR count). The normalized spacial score (nSPS) is 16.9. The fraction of sp³-hybridized carbons (Fsp3) is 0.692. The van der Waals surface area contributed by atoms with Crippen LogP contribution in [0.25, 0.3) is 0 Å². The molecule has 0 bridgehead atoms. The first-order valence-corrected chi connectivity index (χ1v) is 6.79. The van der Waals surface area contributed by atoms with E-state index < -0.39 is 0 Å². The summed E-state index contributed by atoms with van der Waals surface area (Å²) in [7, 11) is 1.90. The Morgan fingerprint density at radius 3 is 2.44 bits per heavy atom. The molecule has 2 heterocycles. The first kappa shape index (κ1) is 13.1. The minimum atomic E-state index is 0.872. The Hall–Kier alpha value is -1.36. The van der Waals surface area contributed by atoms with Gasteiger partial charge in [-0.15, -0.1) is 0 Å². The van der Waals surface area contributed by atoms with Gasteiger partial charge in [0.15, 0.2) is 0 Å². The van der Waals surface area contributed by atoms with Crippen molar-refractivity contribution in [3.05, 3.63) is 11.9 Å². The molecular weight excluding hydrogens is 226 g/mol. The van der Waals surface area contributed by atoms with Crippen LogP contribution in [0, 0.1) is 0 Å². The Kier molecular flexibility index (Phi) is 4.36. The monoisotopic (exact) mass is 249 g/mol. The SMILES string of the molecule is CCc1nc(NC)cc(N2CCN(CC)CC2)n1. The quantitative estimate of drug-likeness (QED) is 0.869. The highest BCUT2D eigenvalue weighted by molar-refractivity contribution is 5.49. The molecule has 5 heteroatoms. The van der Waals surface area contributed by atoms with Crippen LogP contribution in [0.15, 0.2) is 6.07 Å². The third kappa shape index (κ3) is 2.90. The maximum Gasteiger partial charge on any atom is 0.134 e. The van der Waals surface area contributed by atoms with Crippen molar-refractivity contribution in [2.45, 2.75) is 20.3 Å². The third-order valence-electron chi connectivity index (χ3n) is 3.47. The van der Waals surface area contributed by atoms with Gasteiger partial charge in [-0.05, 0) is 6.54 Å². The van der Waals surface area contributed by atoms with E-state index in [1.807, 2.05) is 13.1 Å². The van der Waals surface area contributed by atoms with Crippen molar-refractivity contribution in [3.63, 3.8) is 0 Å². The summed E-state index contributed by atoms with van der Waals surface area (Å²) in [4.78, 5) is 13.9. The first-order valence-electron chi connectivity index (χ1n) is 6.79. The highest BCUT2D eigenvalue weighted by atomic mass is 15.3. The lowest BCUT2D eigenvalue weighted by Crippen LogP contribution is -2.46. The van der Waals surface area contributed by atoms with Gasteiger partial charge in [-0.3, -0.25) is 0 Å². The van der Waals surface area contributed by atoms with Gasteiger partial charge in [0.2, 0.25) is 0 Å². The second-order valence-corrected chi connectivity index (χ2v) is 4.55. The molecule has 1 aliphatic heterocycles. The Labute approximate surface area is 109 Å². The van der Waals surface area contributed by atoms with Gasteiger partial charge in [-0.2, -0.15) is 0 Å². The molecule has 1 aromatic rings.